The van der Waals surface area contributed by atoms with Crippen LogP contribution in [0.15, 0.2) is 72.8 Å². The van der Waals surface area contributed by atoms with Crippen molar-refractivity contribution in [3.8, 4) is 50.6 Å². The van der Waals surface area contributed by atoms with Crippen molar-refractivity contribution < 1.29 is 29.7 Å². The molecule has 4 aromatic carbocycles. The monoisotopic (exact) mass is 438 g/mol. The van der Waals surface area contributed by atoms with Crippen molar-refractivity contribution in [2.24, 2.45) is 0 Å². The molecule has 0 aliphatic heterocycles. The average molecular weight is 438 g/mol. The highest BCUT2D eigenvalue weighted by Crippen LogP contribution is 2.42. The van der Waals surface area contributed by atoms with Crippen molar-refractivity contribution in [2.45, 2.75) is 0 Å². The maximum Gasteiger partial charge on any atom is 0.153 e. The van der Waals surface area contributed by atoms with E-state index in [1.807, 2.05) is 12.1 Å². The first kappa shape index (κ1) is 21.5. The summed E-state index contributed by atoms with van der Waals surface area (Å²) in [5.41, 5.74) is 4.30. The van der Waals surface area contributed by atoms with Crippen LogP contribution < -0.4 is 0 Å². The van der Waals surface area contributed by atoms with Crippen molar-refractivity contribution in [3.63, 3.8) is 0 Å². The Labute approximate surface area is 189 Å². The minimum Gasteiger partial charge on any atom is -0.507 e. The van der Waals surface area contributed by atoms with Gasteiger partial charge in [0.2, 0.25) is 0 Å². The van der Waals surface area contributed by atoms with Gasteiger partial charge in [-0.15, -0.1) is 0 Å². The Bertz CT molecular complexity index is 1330. The van der Waals surface area contributed by atoms with Gasteiger partial charge in [-0.3, -0.25) is 14.4 Å². The minimum absolute atomic E-state index is 0.104. The summed E-state index contributed by atoms with van der Waals surface area (Å²) in [4.78, 5) is 34.3. The van der Waals surface area contributed by atoms with Gasteiger partial charge >= 0.3 is 0 Å². The number of rotatable bonds is 6. The number of phenolic OH excluding ortho intramolecular Hbond substituents is 3. The molecule has 0 radical (unpaired) electrons. The average Bonchev–Trinajstić information content (AvgIpc) is 2.84. The Hall–Kier alpha value is -4.71. The molecule has 3 N–H and O–H groups in total. The van der Waals surface area contributed by atoms with Crippen molar-refractivity contribution >= 4 is 18.9 Å². The van der Waals surface area contributed by atoms with Crippen LogP contribution in [0.1, 0.15) is 31.1 Å². The molecule has 162 valence electrons. The van der Waals surface area contributed by atoms with E-state index in [1.54, 1.807) is 42.5 Å². The van der Waals surface area contributed by atoms with E-state index >= 15 is 0 Å². The van der Waals surface area contributed by atoms with Gasteiger partial charge in [-0.2, -0.15) is 0 Å². The number of phenols is 3. The van der Waals surface area contributed by atoms with E-state index in [-0.39, 0.29) is 33.9 Å². The Morgan fingerprint density at radius 2 is 0.848 bits per heavy atom. The molecule has 6 heteroatoms. The van der Waals surface area contributed by atoms with Gasteiger partial charge in [0, 0.05) is 0 Å². The standard InChI is InChI=1S/C27H18O6/c28-13-19-10-16(4-7-24(19)31)22-2-1-3-23(17-5-8-25(32)20(11-17)14-29)27(22)18-6-9-26(33)21(12-18)15-30/h1-15,31-33H. The number of aldehydes is 3. The van der Waals surface area contributed by atoms with Crippen molar-refractivity contribution in [3.05, 3.63) is 89.5 Å². The summed E-state index contributed by atoms with van der Waals surface area (Å²) < 4.78 is 0. The molecule has 0 saturated carbocycles. The number of carbonyl (C=O) groups is 3. The second-order valence-corrected chi connectivity index (χ2v) is 7.40. The molecule has 0 unspecified atom stereocenters. The third-order valence-electron chi connectivity index (χ3n) is 5.44. The molecule has 0 spiro atoms. The number of aromatic hydroxyl groups is 3. The molecule has 6 nitrogen and oxygen atoms in total. The van der Waals surface area contributed by atoms with Gasteiger partial charge < -0.3 is 15.3 Å². The van der Waals surface area contributed by atoms with Crippen LogP contribution in [0.3, 0.4) is 0 Å². The third kappa shape index (κ3) is 3.97. The van der Waals surface area contributed by atoms with Crippen molar-refractivity contribution in [1.29, 1.82) is 0 Å². The predicted octanol–water partition coefficient (Wildman–Crippen LogP) is 5.24. The van der Waals surface area contributed by atoms with E-state index < -0.39 is 0 Å². The van der Waals surface area contributed by atoms with Crippen LogP contribution in [0.5, 0.6) is 17.2 Å². The van der Waals surface area contributed by atoms with Crippen LogP contribution in [-0.2, 0) is 0 Å². The fourth-order valence-electron chi connectivity index (χ4n) is 3.78. The molecule has 0 fully saturated rings. The molecule has 0 aromatic heterocycles. The second kappa shape index (κ2) is 8.80. The molecule has 0 atom stereocenters. The van der Waals surface area contributed by atoms with Gasteiger partial charge in [-0.25, -0.2) is 0 Å². The molecule has 0 bridgehead atoms. The summed E-state index contributed by atoms with van der Waals surface area (Å²) in [6.07, 6.45) is 1.67. The number of benzene rings is 4. The molecule has 0 amide bonds. The zero-order valence-electron chi connectivity index (χ0n) is 17.2. The van der Waals surface area contributed by atoms with Crippen molar-refractivity contribution in [2.75, 3.05) is 0 Å². The van der Waals surface area contributed by atoms with Crippen LogP contribution in [0, 0.1) is 0 Å². The highest BCUT2D eigenvalue weighted by molar-refractivity contribution is 5.98. The molecule has 33 heavy (non-hydrogen) atoms. The van der Waals surface area contributed by atoms with Gasteiger partial charge in [-0.1, -0.05) is 36.4 Å². The lowest BCUT2D eigenvalue weighted by atomic mass is 9.86. The lowest BCUT2D eigenvalue weighted by Crippen LogP contribution is -1.94. The molecule has 0 aliphatic rings. The third-order valence-corrected chi connectivity index (χ3v) is 5.44. The number of hydrogen-bond donors (Lipinski definition) is 3. The van der Waals surface area contributed by atoms with Crippen LogP contribution >= 0.6 is 0 Å². The highest BCUT2D eigenvalue weighted by atomic mass is 16.3. The van der Waals surface area contributed by atoms with Gasteiger partial charge in [-0.05, 0) is 69.8 Å². The predicted molar refractivity (Wildman–Crippen MR) is 124 cm³/mol. The van der Waals surface area contributed by atoms with E-state index in [2.05, 4.69) is 0 Å². The Kier molecular flexibility index (Phi) is 5.74. The van der Waals surface area contributed by atoms with Crippen molar-refractivity contribution in [1.82, 2.24) is 0 Å². The van der Waals surface area contributed by atoms with Gasteiger partial charge in [0.15, 0.2) is 18.9 Å². The second-order valence-electron chi connectivity index (χ2n) is 7.40. The zero-order valence-corrected chi connectivity index (χ0v) is 17.2. The fraction of sp³-hybridized carbons (Fsp3) is 0. The van der Waals surface area contributed by atoms with Crippen LogP contribution in [-0.4, -0.2) is 34.2 Å². The van der Waals surface area contributed by atoms with Gasteiger partial charge in [0.1, 0.15) is 17.2 Å². The number of carbonyl (C=O) groups excluding carboxylic acids is 3. The first-order chi connectivity index (χ1) is 16.0. The van der Waals surface area contributed by atoms with E-state index in [0.29, 0.717) is 52.2 Å². The SMILES string of the molecule is O=Cc1cc(-c2cccc(-c3ccc(O)c(C=O)c3)c2-c2ccc(O)c(C=O)c2)ccc1O. The molecule has 0 saturated heterocycles. The lowest BCUT2D eigenvalue weighted by molar-refractivity contribution is 0.111. The Morgan fingerprint density at radius 1 is 0.485 bits per heavy atom. The maximum absolute atomic E-state index is 11.5. The molecular weight excluding hydrogens is 420 g/mol. The summed E-state index contributed by atoms with van der Waals surface area (Å²) in [6.45, 7) is 0. The number of hydrogen-bond acceptors (Lipinski definition) is 6. The van der Waals surface area contributed by atoms with E-state index in [1.165, 1.54) is 18.2 Å². The Balaban J connectivity index is 2.06. The van der Waals surface area contributed by atoms with Gasteiger partial charge in [0.05, 0.1) is 16.7 Å². The maximum atomic E-state index is 11.5. The molecule has 0 heterocycles. The molecule has 4 aromatic rings. The summed E-state index contributed by atoms with van der Waals surface area (Å²) in [6, 6.07) is 19.4. The Morgan fingerprint density at radius 3 is 1.24 bits per heavy atom. The summed E-state index contributed by atoms with van der Waals surface area (Å²) in [5, 5.41) is 29.8. The molecule has 0 aliphatic carbocycles. The smallest absolute Gasteiger partial charge is 0.153 e. The first-order valence-corrected chi connectivity index (χ1v) is 9.95. The lowest BCUT2D eigenvalue weighted by Gasteiger charge is -2.17. The first-order valence-electron chi connectivity index (χ1n) is 9.95. The van der Waals surface area contributed by atoms with Crippen LogP contribution in [0.25, 0.3) is 33.4 Å². The zero-order chi connectivity index (χ0) is 23.5. The largest absolute Gasteiger partial charge is 0.507 e. The van der Waals surface area contributed by atoms with E-state index in [0.717, 1.165) is 0 Å². The summed E-state index contributed by atoms with van der Waals surface area (Å²) >= 11 is 0. The quantitative estimate of drug-likeness (QED) is 0.355. The van der Waals surface area contributed by atoms with Crippen LogP contribution in [0.2, 0.25) is 0 Å². The topological polar surface area (TPSA) is 112 Å². The fourth-order valence-corrected chi connectivity index (χ4v) is 3.78. The summed E-state index contributed by atoms with van der Waals surface area (Å²) in [7, 11) is 0. The van der Waals surface area contributed by atoms with Gasteiger partial charge in [0.25, 0.3) is 0 Å². The normalized spacial score (nSPS) is 10.5. The summed E-state index contributed by atoms with van der Waals surface area (Å²) in [5.74, 6) is -0.449. The van der Waals surface area contributed by atoms with Crippen LogP contribution in [0.4, 0.5) is 0 Å². The van der Waals surface area contributed by atoms with E-state index in [9.17, 15) is 29.7 Å². The van der Waals surface area contributed by atoms with E-state index in [4.69, 9.17) is 0 Å². The minimum atomic E-state index is -0.159. The molecule has 4 rings (SSSR count). The molecular formula is C27H18O6. The highest BCUT2D eigenvalue weighted by Gasteiger charge is 2.17.